The second kappa shape index (κ2) is 11.0. The van der Waals surface area contributed by atoms with Crippen molar-refractivity contribution in [3.8, 4) is 11.8 Å². The van der Waals surface area contributed by atoms with Crippen molar-refractivity contribution in [2.75, 3.05) is 38.5 Å². The minimum atomic E-state index is -2.94. The number of anilines is 1. The van der Waals surface area contributed by atoms with Gasteiger partial charge in [-0.1, -0.05) is 18.1 Å². The summed E-state index contributed by atoms with van der Waals surface area (Å²) in [7, 11) is 2.05. The molecule has 0 spiro atoms. The number of hydrogen-bond acceptors (Lipinski definition) is 5. The van der Waals surface area contributed by atoms with Gasteiger partial charge in [-0.05, 0) is 67.4 Å². The number of fused-ring (bicyclic) bond motifs is 2. The smallest absolute Gasteiger partial charge is 0.275 e. The van der Waals surface area contributed by atoms with E-state index >= 15 is 8.78 Å². The first-order valence-electron chi connectivity index (χ1n) is 13.0. The third-order valence-electron chi connectivity index (χ3n) is 7.60. The van der Waals surface area contributed by atoms with Crippen molar-refractivity contribution in [1.29, 1.82) is 0 Å². The lowest BCUT2D eigenvalue weighted by atomic mass is 10.0. The Bertz CT molecular complexity index is 1630. The maximum Gasteiger partial charge on any atom is 0.275 e. The van der Waals surface area contributed by atoms with Crippen molar-refractivity contribution >= 4 is 29.6 Å². The first-order chi connectivity index (χ1) is 18.8. The molecule has 1 fully saturated rings. The summed E-state index contributed by atoms with van der Waals surface area (Å²) in [5.41, 5.74) is 4.32. The molecule has 0 saturated carbocycles. The number of likely N-dealkylation sites (N-methyl/N-ethyl adjacent to an activating group) is 1. The molecular formula is C30H29ClF2N6O. The van der Waals surface area contributed by atoms with Gasteiger partial charge in [0.05, 0.1) is 6.20 Å². The molecule has 2 aliphatic rings. The zero-order valence-corrected chi connectivity index (χ0v) is 23.0. The normalized spacial score (nSPS) is 18.4. The molecule has 0 radical (unpaired) electrons. The fourth-order valence-corrected chi connectivity index (χ4v) is 5.31. The largest absolute Gasteiger partial charge is 0.322 e. The van der Waals surface area contributed by atoms with Crippen LogP contribution < -0.4 is 5.32 Å². The zero-order valence-electron chi connectivity index (χ0n) is 22.2. The number of amides is 1. The number of imidazole rings is 1. The SMILES string of the molecule is Cc1ccc(C(=O)Nc2ccc3c(c2)C(F)(F)C[C@@H]3N2CCN(C)CC2)cc1C#Cc1cnc2cccnn12.Cl. The van der Waals surface area contributed by atoms with E-state index in [2.05, 4.69) is 37.0 Å². The monoisotopic (exact) mass is 562 g/mol. The van der Waals surface area contributed by atoms with Crippen molar-refractivity contribution in [1.82, 2.24) is 24.4 Å². The minimum Gasteiger partial charge on any atom is -0.322 e. The number of piperazine rings is 1. The van der Waals surface area contributed by atoms with E-state index in [1.807, 2.05) is 26.1 Å². The van der Waals surface area contributed by atoms with Gasteiger partial charge in [-0.2, -0.15) is 5.10 Å². The van der Waals surface area contributed by atoms with Crippen LogP contribution in [0.25, 0.3) is 5.65 Å². The summed E-state index contributed by atoms with van der Waals surface area (Å²) < 4.78 is 31.8. The highest BCUT2D eigenvalue weighted by molar-refractivity contribution is 6.04. The molecule has 2 aromatic carbocycles. The molecule has 1 aliphatic carbocycles. The summed E-state index contributed by atoms with van der Waals surface area (Å²) in [6, 6.07) is 13.5. The topological polar surface area (TPSA) is 65.8 Å². The molecule has 1 aliphatic heterocycles. The van der Waals surface area contributed by atoms with Crippen LogP contribution in [0.3, 0.4) is 0 Å². The standard InChI is InChI=1S/C30H28F2N6O.ClH/c1-20-5-6-22(16-21(20)7-9-24-19-33-28-4-3-11-34-38(24)28)29(39)35-23-8-10-25-26(17-23)30(31,32)18-27(25)37-14-12-36(2)13-15-37;/h3-6,8,10-11,16-17,19,27H,12-15,18H2,1-2H3,(H,35,39);1H/t27-;/m0./s1. The van der Waals surface area contributed by atoms with Gasteiger partial charge in [0.15, 0.2) is 5.65 Å². The van der Waals surface area contributed by atoms with Gasteiger partial charge >= 0.3 is 0 Å². The summed E-state index contributed by atoms with van der Waals surface area (Å²) >= 11 is 0. The summed E-state index contributed by atoms with van der Waals surface area (Å²) in [6.07, 6.45) is 3.09. The molecular weight excluding hydrogens is 534 g/mol. The molecule has 10 heteroatoms. The van der Waals surface area contributed by atoms with Crippen LogP contribution >= 0.6 is 12.4 Å². The van der Waals surface area contributed by atoms with Crippen LogP contribution in [0.15, 0.2) is 60.9 Å². The van der Waals surface area contributed by atoms with Crippen LogP contribution in [0.1, 0.15) is 50.8 Å². The van der Waals surface area contributed by atoms with Gasteiger partial charge in [0.25, 0.3) is 11.8 Å². The molecule has 1 N–H and O–H groups in total. The van der Waals surface area contributed by atoms with Gasteiger partial charge < -0.3 is 10.2 Å². The lowest BCUT2D eigenvalue weighted by Crippen LogP contribution is -2.45. The Morgan fingerprint density at radius 3 is 2.67 bits per heavy atom. The maximum atomic E-state index is 15.1. The number of aromatic nitrogens is 3. The van der Waals surface area contributed by atoms with E-state index in [1.165, 1.54) is 6.07 Å². The molecule has 0 unspecified atom stereocenters. The van der Waals surface area contributed by atoms with Crippen molar-refractivity contribution in [3.63, 3.8) is 0 Å². The van der Waals surface area contributed by atoms with E-state index < -0.39 is 5.92 Å². The van der Waals surface area contributed by atoms with E-state index in [0.29, 0.717) is 33.7 Å². The summed E-state index contributed by atoms with van der Waals surface area (Å²) in [5.74, 6) is 2.87. The number of alkyl halides is 2. The highest BCUT2D eigenvalue weighted by Crippen LogP contribution is 2.50. The third kappa shape index (κ3) is 5.30. The van der Waals surface area contributed by atoms with Crippen LogP contribution in [0.5, 0.6) is 0 Å². The van der Waals surface area contributed by atoms with Crippen LogP contribution in [0, 0.1) is 18.8 Å². The lowest BCUT2D eigenvalue weighted by molar-refractivity contribution is -0.0257. The van der Waals surface area contributed by atoms with Crippen LogP contribution in [0.4, 0.5) is 14.5 Å². The minimum absolute atomic E-state index is 0. The summed E-state index contributed by atoms with van der Waals surface area (Å²) in [6.45, 7) is 5.18. The van der Waals surface area contributed by atoms with Crippen LogP contribution in [0.2, 0.25) is 0 Å². The van der Waals surface area contributed by atoms with Crippen molar-refractivity contribution in [3.05, 3.63) is 94.4 Å². The fourth-order valence-electron chi connectivity index (χ4n) is 5.31. The van der Waals surface area contributed by atoms with Gasteiger partial charge in [0, 0.05) is 67.2 Å². The maximum absolute atomic E-state index is 15.1. The third-order valence-corrected chi connectivity index (χ3v) is 7.60. The average Bonchev–Trinajstić information content (AvgIpc) is 3.46. The van der Waals surface area contributed by atoms with Crippen LogP contribution in [-0.2, 0) is 5.92 Å². The Labute approximate surface area is 237 Å². The summed E-state index contributed by atoms with van der Waals surface area (Å²) in [4.78, 5) is 21.8. The van der Waals surface area contributed by atoms with E-state index in [0.717, 1.165) is 31.7 Å². The number of carbonyl (C=O) groups is 1. The number of aryl methyl sites for hydroxylation is 1. The number of hydrogen-bond donors (Lipinski definition) is 1. The Balaban J connectivity index is 0.00000323. The van der Waals surface area contributed by atoms with Crippen LogP contribution in [-0.4, -0.2) is 63.5 Å². The molecule has 1 amide bonds. The molecule has 2 aromatic heterocycles. The second-order valence-electron chi connectivity index (χ2n) is 10.2. The molecule has 1 saturated heterocycles. The number of nitrogens with zero attached hydrogens (tertiary/aromatic N) is 5. The highest BCUT2D eigenvalue weighted by Gasteiger charge is 2.47. The average molecular weight is 563 g/mol. The number of nitrogens with one attached hydrogen (secondary N) is 1. The Hall–Kier alpha value is -3.84. The van der Waals surface area contributed by atoms with Gasteiger partial charge in [-0.25, -0.2) is 18.3 Å². The van der Waals surface area contributed by atoms with Gasteiger partial charge in [-0.3, -0.25) is 9.69 Å². The van der Waals surface area contributed by atoms with Crippen molar-refractivity contribution in [2.24, 2.45) is 0 Å². The summed E-state index contributed by atoms with van der Waals surface area (Å²) in [5, 5.41) is 7.07. The number of halogens is 3. The van der Waals surface area contributed by atoms with E-state index in [9.17, 15) is 4.79 Å². The predicted octanol–water partition coefficient (Wildman–Crippen LogP) is 4.90. The molecule has 7 nitrogen and oxygen atoms in total. The molecule has 3 heterocycles. The fraction of sp³-hybridized carbons (Fsp3) is 0.300. The Kier molecular flexibility index (Phi) is 7.60. The lowest BCUT2D eigenvalue weighted by Gasteiger charge is -2.36. The second-order valence-corrected chi connectivity index (χ2v) is 10.2. The number of rotatable bonds is 3. The van der Waals surface area contributed by atoms with Gasteiger partial charge in [0.2, 0.25) is 0 Å². The Morgan fingerprint density at radius 1 is 1.07 bits per heavy atom. The quantitative estimate of drug-likeness (QED) is 0.360. The molecule has 0 bridgehead atoms. The Morgan fingerprint density at radius 2 is 1.88 bits per heavy atom. The highest BCUT2D eigenvalue weighted by atomic mass is 35.5. The molecule has 40 heavy (non-hydrogen) atoms. The van der Waals surface area contributed by atoms with Crippen molar-refractivity contribution in [2.45, 2.75) is 25.3 Å². The molecule has 206 valence electrons. The first-order valence-corrected chi connectivity index (χ1v) is 13.0. The molecule has 6 rings (SSSR count). The molecule has 1 atom stereocenters. The van der Waals surface area contributed by atoms with E-state index in [-0.39, 0.29) is 36.3 Å². The van der Waals surface area contributed by atoms with E-state index in [1.54, 1.807) is 47.2 Å². The first kappa shape index (κ1) is 27.7. The van der Waals surface area contributed by atoms with Gasteiger partial charge in [0.1, 0.15) is 5.69 Å². The molecule has 4 aromatic rings. The number of carbonyl (C=O) groups excluding carboxylic acids is 1. The predicted molar refractivity (Wildman–Crippen MR) is 152 cm³/mol. The van der Waals surface area contributed by atoms with Gasteiger partial charge in [-0.15, -0.1) is 12.4 Å². The van der Waals surface area contributed by atoms with E-state index in [4.69, 9.17) is 0 Å². The zero-order chi connectivity index (χ0) is 27.1. The number of benzene rings is 2. The van der Waals surface area contributed by atoms with Crippen molar-refractivity contribution < 1.29 is 13.6 Å².